The van der Waals surface area contributed by atoms with Gasteiger partial charge in [0.15, 0.2) is 0 Å². The summed E-state index contributed by atoms with van der Waals surface area (Å²) in [6.07, 6.45) is -1.48. The molecule has 1 aromatic rings. The van der Waals surface area contributed by atoms with Crippen LogP contribution in [0.15, 0.2) is 30.0 Å². The van der Waals surface area contributed by atoms with Crippen LogP contribution in [0.25, 0.3) is 0 Å². The summed E-state index contributed by atoms with van der Waals surface area (Å²) in [4.78, 5) is 5.76. The number of aliphatic hydroxyl groups is 1. The summed E-state index contributed by atoms with van der Waals surface area (Å²) < 4.78 is 37.4. The van der Waals surface area contributed by atoms with Crippen molar-refractivity contribution in [2.75, 3.05) is 18.0 Å². The molecular weight excluding hydrogens is 245 g/mol. The van der Waals surface area contributed by atoms with Gasteiger partial charge < -0.3 is 10.0 Å². The van der Waals surface area contributed by atoms with Crippen LogP contribution < -0.4 is 4.90 Å². The topological polar surface area (TPSA) is 36.4 Å². The predicted octanol–water partition coefficient (Wildman–Crippen LogP) is 2.27. The molecule has 0 saturated heterocycles. The molecule has 2 rings (SSSR count). The molecule has 1 aliphatic heterocycles. The maximum Gasteiger partial charge on any atom is 0.412 e. The molecule has 18 heavy (non-hydrogen) atoms. The lowest BCUT2D eigenvalue weighted by molar-refractivity contribution is -0.0943. The van der Waals surface area contributed by atoms with Gasteiger partial charge in [-0.1, -0.05) is 6.08 Å². The van der Waals surface area contributed by atoms with Crippen LogP contribution in [-0.2, 0) is 6.61 Å². The minimum absolute atomic E-state index is 0.0136. The number of alkyl halides is 3. The fourth-order valence-corrected chi connectivity index (χ4v) is 1.91. The van der Waals surface area contributed by atoms with Crippen molar-refractivity contribution in [3.05, 3.63) is 35.7 Å². The van der Waals surface area contributed by atoms with Crippen molar-refractivity contribution in [3.63, 3.8) is 0 Å². The summed E-state index contributed by atoms with van der Waals surface area (Å²) in [5.41, 5.74) is 0.833. The molecule has 0 spiro atoms. The maximum atomic E-state index is 12.5. The Bertz CT molecular complexity index is 457. The van der Waals surface area contributed by atoms with Gasteiger partial charge in [-0.25, -0.2) is 0 Å². The Labute approximate surface area is 103 Å². The van der Waals surface area contributed by atoms with Gasteiger partial charge in [-0.3, -0.25) is 4.98 Å². The molecule has 1 aliphatic rings. The zero-order valence-corrected chi connectivity index (χ0v) is 9.61. The van der Waals surface area contributed by atoms with Gasteiger partial charge in [-0.05, 0) is 18.6 Å². The molecule has 0 fully saturated rings. The van der Waals surface area contributed by atoms with E-state index in [9.17, 15) is 13.2 Å². The van der Waals surface area contributed by atoms with Gasteiger partial charge in [0.05, 0.1) is 12.3 Å². The van der Waals surface area contributed by atoms with Crippen molar-refractivity contribution in [3.8, 4) is 0 Å². The zero-order chi connectivity index (χ0) is 13.2. The molecule has 0 atom stereocenters. The first-order valence-electron chi connectivity index (χ1n) is 5.57. The zero-order valence-electron chi connectivity index (χ0n) is 9.61. The first-order chi connectivity index (χ1) is 8.50. The summed E-state index contributed by atoms with van der Waals surface area (Å²) >= 11 is 0. The normalized spacial score (nSPS) is 16.7. The van der Waals surface area contributed by atoms with E-state index < -0.39 is 11.7 Å². The van der Waals surface area contributed by atoms with E-state index in [0.29, 0.717) is 12.2 Å². The third-order valence-corrected chi connectivity index (χ3v) is 2.90. The summed E-state index contributed by atoms with van der Waals surface area (Å²) in [5, 5.41) is 8.97. The molecule has 0 unspecified atom stereocenters. The Morgan fingerprint density at radius 3 is 2.72 bits per heavy atom. The molecule has 0 saturated carbocycles. The molecule has 1 aromatic heterocycles. The Balaban J connectivity index is 2.11. The van der Waals surface area contributed by atoms with E-state index in [1.54, 1.807) is 18.3 Å². The molecule has 6 heteroatoms. The number of pyridine rings is 1. The average Bonchev–Trinajstić information content (AvgIpc) is 2.38. The van der Waals surface area contributed by atoms with E-state index in [4.69, 9.17) is 5.11 Å². The van der Waals surface area contributed by atoms with Crippen molar-refractivity contribution < 1.29 is 18.3 Å². The van der Waals surface area contributed by atoms with Crippen LogP contribution >= 0.6 is 0 Å². The van der Waals surface area contributed by atoms with E-state index in [1.807, 2.05) is 4.90 Å². The van der Waals surface area contributed by atoms with E-state index in [2.05, 4.69) is 4.98 Å². The van der Waals surface area contributed by atoms with Crippen molar-refractivity contribution in [2.24, 2.45) is 0 Å². The number of aromatic nitrogens is 1. The van der Waals surface area contributed by atoms with Gasteiger partial charge in [0.2, 0.25) is 0 Å². The lowest BCUT2D eigenvalue weighted by atomic mass is 10.1. The van der Waals surface area contributed by atoms with E-state index >= 15 is 0 Å². The minimum atomic E-state index is -4.22. The SMILES string of the molecule is OCc1cc(N2CC=C(C(F)(F)F)CC2)ccn1. The Hall–Kier alpha value is -1.56. The number of nitrogens with zero attached hydrogens (tertiary/aromatic N) is 2. The standard InChI is InChI=1S/C12H13F3N2O/c13-12(14,15)9-2-5-17(6-3-9)11-1-4-16-10(7-11)8-18/h1-2,4,7,18H,3,5-6,8H2. The highest BCUT2D eigenvalue weighted by Gasteiger charge is 2.34. The van der Waals surface area contributed by atoms with Crippen LogP contribution in [-0.4, -0.2) is 29.4 Å². The number of anilines is 1. The molecular formula is C12H13F3N2O. The summed E-state index contributed by atoms with van der Waals surface area (Å²) in [5.74, 6) is 0. The highest BCUT2D eigenvalue weighted by Crippen LogP contribution is 2.31. The highest BCUT2D eigenvalue weighted by atomic mass is 19.4. The second-order valence-electron chi connectivity index (χ2n) is 4.09. The van der Waals surface area contributed by atoms with E-state index in [-0.39, 0.29) is 19.6 Å². The lowest BCUT2D eigenvalue weighted by Gasteiger charge is -2.29. The number of rotatable bonds is 2. The molecule has 0 radical (unpaired) electrons. The monoisotopic (exact) mass is 258 g/mol. The molecule has 0 amide bonds. The van der Waals surface area contributed by atoms with Crippen LogP contribution in [0.3, 0.4) is 0 Å². The van der Waals surface area contributed by atoms with Gasteiger partial charge in [-0.2, -0.15) is 13.2 Å². The largest absolute Gasteiger partial charge is 0.412 e. The van der Waals surface area contributed by atoms with Crippen LogP contribution in [0.1, 0.15) is 12.1 Å². The third kappa shape index (κ3) is 2.81. The van der Waals surface area contributed by atoms with Gasteiger partial charge >= 0.3 is 6.18 Å². The fourth-order valence-electron chi connectivity index (χ4n) is 1.91. The quantitative estimate of drug-likeness (QED) is 0.827. The van der Waals surface area contributed by atoms with Crippen LogP contribution in [0.2, 0.25) is 0 Å². The number of hydrogen-bond donors (Lipinski definition) is 1. The fraction of sp³-hybridized carbons (Fsp3) is 0.417. The second kappa shape index (κ2) is 4.97. The molecule has 0 aliphatic carbocycles. The van der Waals surface area contributed by atoms with Gasteiger partial charge in [0, 0.05) is 30.5 Å². The van der Waals surface area contributed by atoms with Gasteiger partial charge in [-0.15, -0.1) is 0 Å². The second-order valence-corrected chi connectivity index (χ2v) is 4.09. The number of hydrogen-bond acceptors (Lipinski definition) is 3. The molecule has 3 nitrogen and oxygen atoms in total. The predicted molar refractivity (Wildman–Crippen MR) is 61.1 cm³/mol. The van der Waals surface area contributed by atoms with Crippen molar-refractivity contribution in [1.29, 1.82) is 0 Å². The Morgan fingerprint density at radius 2 is 2.17 bits per heavy atom. The molecule has 0 aromatic carbocycles. The van der Waals surface area contributed by atoms with Crippen LogP contribution in [0.5, 0.6) is 0 Å². The van der Waals surface area contributed by atoms with Crippen molar-refractivity contribution in [1.82, 2.24) is 4.98 Å². The minimum Gasteiger partial charge on any atom is -0.390 e. The third-order valence-electron chi connectivity index (χ3n) is 2.90. The first kappa shape index (κ1) is 12.9. The Morgan fingerprint density at radius 1 is 1.39 bits per heavy atom. The summed E-state index contributed by atoms with van der Waals surface area (Å²) in [6.45, 7) is 0.370. The van der Waals surface area contributed by atoms with E-state index in [1.165, 1.54) is 6.08 Å². The number of aliphatic hydroxyl groups excluding tert-OH is 1. The number of halogens is 3. The molecule has 98 valence electrons. The first-order valence-corrected chi connectivity index (χ1v) is 5.57. The smallest absolute Gasteiger partial charge is 0.390 e. The van der Waals surface area contributed by atoms with Gasteiger partial charge in [0.1, 0.15) is 0 Å². The van der Waals surface area contributed by atoms with E-state index in [0.717, 1.165) is 5.69 Å². The summed E-state index contributed by atoms with van der Waals surface area (Å²) in [6, 6.07) is 3.41. The average molecular weight is 258 g/mol. The van der Waals surface area contributed by atoms with Crippen molar-refractivity contribution in [2.45, 2.75) is 19.2 Å². The Kier molecular flexibility index (Phi) is 3.56. The van der Waals surface area contributed by atoms with Crippen LogP contribution in [0, 0.1) is 0 Å². The summed E-state index contributed by atoms with van der Waals surface area (Å²) in [7, 11) is 0. The maximum absolute atomic E-state index is 12.5. The lowest BCUT2D eigenvalue weighted by Crippen LogP contribution is -2.31. The molecule has 2 heterocycles. The molecule has 1 N–H and O–H groups in total. The van der Waals surface area contributed by atoms with Crippen LogP contribution in [0.4, 0.5) is 18.9 Å². The van der Waals surface area contributed by atoms with Gasteiger partial charge in [0.25, 0.3) is 0 Å². The molecule has 0 bridgehead atoms. The van der Waals surface area contributed by atoms with Crippen molar-refractivity contribution >= 4 is 5.69 Å². The highest BCUT2D eigenvalue weighted by molar-refractivity contribution is 5.48.